The Bertz CT molecular complexity index is 192. The Kier molecular flexibility index (Phi) is 3.23. The summed E-state index contributed by atoms with van der Waals surface area (Å²) in [5.74, 6) is 0.890. The monoisotopic (exact) mass is 203 g/mol. The van der Waals surface area contributed by atoms with Gasteiger partial charge in [-0.3, -0.25) is 4.79 Å². The average Bonchev–Trinajstić information content (AvgIpc) is 1.92. The molecule has 0 aliphatic carbocycles. The van der Waals surface area contributed by atoms with Gasteiger partial charge in [-0.15, -0.1) is 11.6 Å². The molecule has 1 amide bonds. The Morgan fingerprint density at radius 2 is 2.00 bits per heavy atom. The largest absolute Gasteiger partial charge is 0.341 e. The van der Waals surface area contributed by atoms with Crippen molar-refractivity contribution in [3.8, 4) is 0 Å². The van der Waals surface area contributed by atoms with E-state index in [2.05, 4.69) is 20.8 Å². The van der Waals surface area contributed by atoms with Gasteiger partial charge in [-0.1, -0.05) is 20.8 Å². The average molecular weight is 204 g/mol. The van der Waals surface area contributed by atoms with E-state index in [1.54, 1.807) is 0 Å². The second-order valence-electron chi connectivity index (χ2n) is 5.06. The van der Waals surface area contributed by atoms with Crippen molar-refractivity contribution in [2.45, 2.75) is 27.2 Å². The standard InChI is InChI=1S/C10H18ClNO/c1-10(2,3)4-8-6-12(7-8)9(13)5-11/h8H,4-7H2,1-3H3. The van der Waals surface area contributed by atoms with Gasteiger partial charge in [0.2, 0.25) is 5.91 Å². The van der Waals surface area contributed by atoms with Crippen LogP contribution in [0.2, 0.25) is 0 Å². The lowest BCUT2D eigenvalue weighted by Crippen LogP contribution is -2.51. The SMILES string of the molecule is CC(C)(C)CC1CN(C(=O)CCl)C1. The molecule has 2 nitrogen and oxygen atoms in total. The van der Waals surface area contributed by atoms with Crippen molar-refractivity contribution in [1.82, 2.24) is 4.90 Å². The van der Waals surface area contributed by atoms with E-state index < -0.39 is 0 Å². The summed E-state index contributed by atoms with van der Waals surface area (Å²) in [6.07, 6.45) is 1.19. The molecule has 0 aromatic heterocycles. The molecule has 0 unspecified atom stereocenters. The van der Waals surface area contributed by atoms with Crippen molar-refractivity contribution in [2.24, 2.45) is 11.3 Å². The van der Waals surface area contributed by atoms with E-state index >= 15 is 0 Å². The number of rotatable bonds is 2. The molecule has 1 aliphatic heterocycles. The van der Waals surface area contributed by atoms with Gasteiger partial charge in [0, 0.05) is 13.1 Å². The van der Waals surface area contributed by atoms with E-state index in [4.69, 9.17) is 11.6 Å². The van der Waals surface area contributed by atoms with Gasteiger partial charge in [0.15, 0.2) is 0 Å². The number of halogens is 1. The minimum atomic E-state index is 0.0758. The Balaban J connectivity index is 2.22. The molecule has 0 saturated carbocycles. The third-order valence-electron chi connectivity index (χ3n) is 2.33. The van der Waals surface area contributed by atoms with E-state index in [0.717, 1.165) is 13.1 Å². The van der Waals surface area contributed by atoms with Gasteiger partial charge in [-0.05, 0) is 17.8 Å². The predicted molar refractivity (Wildman–Crippen MR) is 54.9 cm³/mol. The van der Waals surface area contributed by atoms with Crippen LogP contribution in [0, 0.1) is 11.3 Å². The van der Waals surface area contributed by atoms with Gasteiger partial charge in [-0.2, -0.15) is 0 Å². The zero-order chi connectivity index (χ0) is 10.1. The highest BCUT2D eigenvalue weighted by atomic mass is 35.5. The highest BCUT2D eigenvalue weighted by molar-refractivity contribution is 6.27. The van der Waals surface area contributed by atoms with Gasteiger partial charge < -0.3 is 4.90 Å². The van der Waals surface area contributed by atoms with Crippen molar-refractivity contribution in [2.75, 3.05) is 19.0 Å². The highest BCUT2D eigenvalue weighted by Gasteiger charge is 2.32. The molecule has 3 heteroatoms. The van der Waals surface area contributed by atoms with Crippen molar-refractivity contribution in [3.05, 3.63) is 0 Å². The molecule has 1 heterocycles. The van der Waals surface area contributed by atoms with E-state index in [-0.39, 0.29) is 11.8 Å². The Morgan fingerprint density at radius 3 is 2.38 bits per heavy atom. The third-order valence-corrected chi connectivity index (χ3v) is 2.55. The molecule has 13 heavy (non-hydrogen) atoms. The zero-order valence-electron chi connectivity index (χ0n) is 8.64. The van der Waals surface area contributed by atoms with Crippen molar-refractivity contribution < 1.29 is 4.79 Å². The second-order valence-corrected chi connectivity index (χ2v) is 5.33. The molecule has 1 aliphatic rings. The normalized spacial score (nSPS) is 18.6. The molecule has 1 fully saturated rings. The molecule has 0 aromatic rings. The molecule has 0 radical (unpaired) electrons. The lowest BCUT2D eigenvalue weighted by atomic mass is 9.81. The number of carbonyl (C=O) groups is 1. The molecule has 0 N–H and O–H groups in total. The summed E-state index contributed by atoms with van der Waals surface area (Å²) in [5.41, 5.74) is 0.376. The molecule has 0 atom stereocenters. The lowest BCUT2D eigenvalue weighted by Gasteiger charge is -2.41. The van der Waals surface area contributed by atoms with E-state index in [0.29, 0.717) is 11.3 Å². The van der Waals surface area contributed by atoms with Crippen LogP contribution in [0.15, 0.2) is 0 Å². The molecule has 0 bridgehead atoms. The summed E-state index contributed by atoms with van der Waals surface area (Å²) >= 11 is 5.45. The smallest absolute Gasteiger partial charge is 0.237 e. The van der Waals surface area contributed by atoms with E-state index in [1.165, 1.54) is 6.42 Å². The van der Waals surface area contributed by atoms with Gasteiger partial charge in [0.1, 0.15) is 5.88 Å². The summed E-state index contributed by atoms with van der Waals surface area (Å²) in [6, 6.07) is 0. The Labute approximate surface area is 85.2 Å². The number of hydrogen-bond donors (Lipinski definition) is 0. The van der Waals surface area contributed by atoms with Crippen molar-refractivity contribution in [1.29, 1.82) is 0 Å². The maximum Gasteiger partial charge on any atom is 0.237 e. The first kappa shape index (κ1) is 10.8. The molecular formula is C10H18ClNO. The van der Waals surface area contributed by atoms with Crippen LogP contribution in [0.1, 0.15) is 27.2 Å². The van der Waals surface area contributed by atoms with Crippen molar-refractivity contribution in [3.63, 3.8) is 0 Å². The number of carbonyl (C=O) groups excluding carboxylic acids is 1. The summed E-state index contributed by atoms with van der Waals surface area (Å²) in [4.78, 5) is 12.9. The second kappa shape index (κ2) is 3.87. The van der Waals surface area contributed by atoms with Crippen molar-refractivity contribution >= 4 is 17.5 Å². The van der Waals surface area contributed by atoms with Crippen LogP contribution in [0.5, 0.6) is 0 Å². The predicted octanol–water partition coefficient (Wildman–Crippen LogP) is 2.12. The first-order chi connectivity index (χ1) is 5.92. The quantitative estimate of drug-likeness (QED) is 0.630. The van der Waals surface area contributed by atoms with Crippen LogP contribution in [-0.4, -0.2) is 29.8 Å². The summed E-state index contributed by atoms with van der Waals surface area (Å²) in [6.45, 7) is 8.52. The fourth-order valence-corrected chi connectivity index (χ4v) is 2.02. The highest BCUT2D eigenvalue weighted by Crippen LogP contribution is 2.30. The fraction of sp³-hybridized carbons (Fsp3) is 0.900. The number of likely N-dealkylation sites (tertiary alicyclic amines) is 1. The van der Waals surface area contributed by atoms with Crippen LogP contribution in [0.4, 0.5) is 0 Å². The third kappa shape index (κ3) is 3.18. The summed E-state index contributed by atoms with van der Waals surface area (Å²) in [7, 11) is 0. The first-order valence-corrected chi connectivity index (χ1v) is 5.29. The molecule has 76 valence electrons. The summed E-state index contributed by atoms with van der Waals surface area (Å²) < 4.78 is 0. The number of amides is 1. The zero-order valence-corrected chi connectivity index (χ0v) is 9.40. The Hall–Kier alpha value is -0.240. The van der Waals surface area contributed by atoms with Gasteiger partial charge >= 0.3 is 0 Å². The van der Waals surface area contributed by atoms with Crippen LogP contribution in [0.25, 0.3) is 0 Å². The van der Waals surface area contributed by atoms with Gasteiger partial charge in [0.05, 0.1) is 0 Å². The van der Waals surface area contributed by atoms with Gasteiger partial charge in [-0.25, -0.2) is 0 Å². The summed E-state index contributed by atoms with van der Waals surface area (Å²) in [5, 5.41) is 0. The molecular weight excluding hydrogens is 186 g/mol. The molecule has 0 spiro atoms. The topological polar surface area (TPSA) is 20.3 Å². The molecule has 0 aromatic carbocycles. The van der Waals surface area contributed by atoms with Crippen LogP contribution in [0.3, 0.4) is 0 Å². The lowest BCUT2D eigenvalue weighted by molar-refractivity contribution is -0.135. The number of nitrogens with zero attached hydrogens (tertiary/aromatic N) is 1. The van der Waals surface area contributed by atoms with Crippen LogP contribution in [-0.2, 0) is 4.79 Å². The van der Waals surface area contributed by atoms with Crippen LogP contribution >= 0.6 is 11.6 Å². The molecule has 1 rings (SSSR count). The maximum absolute atomic E-state index is 11.1. The van der Waals surface area contributed by atoms with E-state index in [1.807, 2.05) is 4.90 Å². The minimum Gasteiger partial charge on any atom is -0.341 e. The fourth-order valence-electron chi connectivity index (χ4n) is 1.85. The van der Waals surface area contributed by atoms with E-state index in [9.17, 15) is 4.79 Å². The van der Waals surface area contributed by atoms with Crippen LogP contribution < -0.4 is 0 Å². The Morgan fingerprint density at radius 1 is 1.46 bits per heavy atom. The molecule has 1 saturated heterocycles. The number of alkyl halides is 1. The maximum atomic E-state index is 11.1. The number of hydrogen-bond acceptors (Lipinski definition) is 1. The minimum absolute atomic E-state index is 0.0758. The van der Waals surface area contributed by atoms with Gasteiger partial charge in [0.25, 0.3) is 0 Å². The first-order valence-electron chi connectivity index (χ1n) is 4.76.